The predicted octanol–water partition coefficient (Wildman–Crippen LogP) is 3.87. The lowest BCUT2D eigenvalue weighted by molar-refractivity contribution is 0.124. The number of thiazole rings is 1. The molecule has 0 aliphatic heterocycles. The maximum Gasteiger partial charge on any atom is 0.167 e. The molecule has 2 atom stereocenters. The van der Waals surface area contributed by atoms with Gasteiger partial charge in [0.2, 0.25) is 0 Å². The second-order valence-corrected chi connectivity index (χ2v) is 7.45. The van der Waals surface area contributed by atoms with Gasteiger partial charge in [-0.2, -0.15) is 0 Å². The van der Waals surface area contributed by atoms with E-state index in [0.29, 0.717) is 5.15 Å². The number of anilines is 1. The van der Waals surface area contributed by atoms with E-state index in [1.54, 1.807) is 23.6 Å². The first-order valence-corrected chi connectivity index (χ1v) is 9.40. The average molecular weight is 362 g/mol. The Labute approximate surface area is 151 Å². The average Bonchev–Trinajstić information content (AvgIpc) is 3.02. The molecule has 0 aromatic carbocycles. The van der Waals surface area contributed by atoms with Gasteiger partial charge in [0, 0.05) is 23.3 Å². The van der Waals surface area contributed by atoms with Crippen molar-refractivity contribution in [1.82, 2.24) is 9.97 Å². The normalized spacial score (nSPS) is 20.3. The molecule has 6 heteroatoms. The fraction of sp³-hybridized carbons (Fsp3) is 0.444. The van der Waals surface area contributed by atoms with Crippen LogP contribution in [-0.4, -0.2) is 27.2 Å². The smallest absolute Gasteiger partial charge is 0.167 e. The van der Waals surface area contributed by atoms with Gasteiger partial charge in [-0.25, -0.2) is 9.97 Å². The van der Waals surface area contributed by atoms with E-state index in [2.05, 4.69) is 34.0 Å². The molecule has 3 rings (SSSR count). The number of aliphatic hydroxyl groups is 1. The van der Waals surface area contributed by atoms with E-state index in [4.69, 9.17) is 11.6 Å². The first-order valence-electron chi connectivity index (χ1n) is 8.21. The van der Waals surface area contributed by atoms with Crippen LogP contribution in [0.3, 0.4) is 0 Å². The largest absolute Gasteiger partial charge is 0.393 e. The summed E-state index contributed by atoms with van der Waals surface area (Å²) < 4.78 is 0. The van der Waals surface area contributed by atoms with E-state index in [9.17, 15) is 5.11 Å². The fourth-order valence-electron chi connectivity index (χ4n) is 2.81. The molecule has 1 fully saturated rings. The van der Waals surface area contributed by atoms with Crippen molar-refractivity contribution in [3.8, 4) is 11.8 Å². The quantitative estimate of drug-likeness (QED) is 0.643. The molecule has 1 saturated carbocycles. The number of nitrogens with zero attached hydrogens (tertiary/aromatic N) is 2. The number of rotatable bonds is 3. The van der Waals surface area contributed by atoms with Gasteiger partial charge in [-0.3, -0.25) is 0 Å². The summed E-state index contributed by atoms with van der Waals surface area (Å²) in [6, 6.07) is 2.03. The molecule has 0 saturated heterocycles. The van der Waals surface area contributed by atoms with Gasteiger partial charge in [0.15, 0.2) is 5.01 Å². The van der Waals surface area contributed by atoms with Gasteiger partial charge in [-0.05, 0) is 44.1 Å². The molecule has 1 aliphatic rings. The summed E-state index contributed by atoms with van der Waals surface area (Å²) >= 11 is 7.66. The zero-order chi connectivity index (χ0) is 16.9. The summed E-state index contributed by atoms with van der Waals surface area (Å²) in [5.41, 5.74) is 1.67. The molecule has 0 unspecified atom stereocenters. The third-order valence-corrected chi connectivity index (χ3v) is 5.35. The number of aliphatic hydroxyl groups excluding tert-OH is 1. The zero-order valence-electron chi connectivity index (χ0n) is 13.6. The fourth-order valence-corrected chi connectivity index (χ4v) is 3.68. The van der Waals surface area contributed by atoms with Crippen LogP contribution in [0.5, 0.6) is 0 Å². The molecule has 1 aliphatic carbocycles. The van der Waals surface area contributed by atoms with E-state index >= 15 is 0 Å². The van der Waals surface area contributed by atoms with Crippen molar-refractivity contribution in [3.05, 3.63) is 39.1 Å². The van der Waals surface area contributed by atoms with Crippen molar-refractivity contribution in [2.75, 3.05) is 5.32 Å². The van der Waals surface area contributed by atoms with Gasteiger partial charge in [-0.15, -0.1) is 11.3 Å². The number of pyridine rings is 1. The topological polar surface area (TPSA) is 58.0 Å². The highest BCUT2D eigenvalue weighted by atomic mass is 35.5. The van der Waals surface area contributed by atoms with E-state index in [-0.39, 0.29) is 12.1 Å². The number of hydrogen-bond acceptors (Lipinski definition) is 5. The molecule has 2 N–H and O–H groups in total. The Hall–Kier alpha value is -1.61. The van der Waals surface area contributed by atoms with Crippen molar-refractivity contribution in [1.29, 1.82) is 0 Å². The first kappa shape index (κ1) is 17.2. The molecule has 2 heterocycles. The van der Waals surface area contributed by atoms with E-state index in [0.717, 1.165) is 48.4 Å². The Bertz CT molecular complexity index is 765. The lowest BCUT2D eigenvalue weighted by Crippen LogP contribution is -2.30. The highest BCUT2D eigenvalue weighted by Crippen LogP contribution is 2.25. The van der Waals surface area contributed by atoms with Gasteiger partial charge in [0.1, 0.15) is 5.15 Å². The summed E-state index contributed by atoms with van der Waals surface area (Å²) in [5.74, 6) is 6.25. The number of nitrogens with one attached hydrogen (secondary N) is 1. The summed E-state index contributed by atoms with van der Waals surface area (Å²) in [6.45, 7) is 2.11. The molecule has 0 bridgehead atoms. The second kappa shape index (κ2) is 7.98. The van der Waals surface area contributed by atoms with Crippen molar-refractivity contribution in [2.45, 2.75) is 51.2 Å². The standard InChI is InChI=1S/C18H20ClN3OS/c1-2-15-11-21-18(24-15)7-6-12-10-20-17(19)9-16(12)22-13-4-3-5-14(23)8-13/h9-11,13-14,23H,2-5,8H2,1H3,(H,20,22)/t13-,14+/m1/s1. The maximum atomic E-state index is 9.85. The Morgan fingerprint density at radius 1 is 1.33 bits per heavy atom. The summed E-state index contributed by atoms with van der Waals surface area (Å²) in [6.07, 6.45) is 7.99. The summed E-state index contributed by atoms with van der Waals surface area (Å²) in [4.78, 5) is 9.68. The van der Waals surface area contributed by atoms with E-state index in [1.807, 2.05) is 6.20 Å². The number of aryl methyl sites for hydroxylation is 1. The Morgan fingerprint density at radius 2 is 2.21 bits per heavy atom. The molecule has 2 aromatic heterocycles. The van der Waals surface area contributed by atoms with Crippen molar-refractivity contribution in [2.24, 2.45) is 0 Å². The molecule has 2 aromatic rings. The number of aromatic nitrogens is 2. The van der Waals surface area contributed by atoms with Crippen LogP contribution < -0.4 is 5.32 Å². The van der Waals surface area contributed by atoms with Crippen LogP contribution in [0.1, 0.15) is 48.1 Å². The van der Waals surface area contributed by atoms with Crippen LogP contribution in [0.25, 0.3) is 0 Å². The van der Waals surface area contributed by atoms with Crippen LogP contribution in [0.4, 0.5) is 5.69 Å². The number of hydrogen-bond donors (Lipinski definition) is 2. The Balaban J connectivity index is 1.80. The summed E-state index contributed by atoms with van der Waals surface area (Å²) in [5, 5.41) is 14.6. The Morgan fingerprint density at radius 3 is 2.96 bits per heavy atom. The van der Waals surface area contributed by atoms with Crippen molar-refractivity contribution < 1.29 is 5.11 Å². The SMILES string of the molecule is CCc1cnc(C#Cc2cnc(Cl)cc2N[C@@H]2CCC[C@H](O)C2)s1. The molecule has 0 radical (unpaired) electrons. The minimum absolute atomic E-state index is 0.231. The molecule has 4 nitrogen and oxygen atoms in total. The van der Waals surface area contributed by atoms with Crippen LogP contribution in [0.2, 0.25) is 5.15 Å². The van der Waals surface area contributed by atoms with Crippen LogP contribution in [0, 0.1) is 11.8 Å². The molecule has 0 amide bonds. The second-order valence-electron chi connectivity index (χ2n) is 5.95. The highest BCUT2D eigenvalue weighted by molar-refractivity contribution is 7.12. The molecular weight excluding hydrogens is 342 g/mol. The third kappa shape index (κ3) is 4.47. The molecular formula is C18H20ClN3OS. The molecule has 24 heavy (non-hydrogen) atoms. The lowest BCUT2D eigenvalue weighted by Gasteiger charge is -2.27. The first-order chi connectivity index (χ1) is 11.6. The van der Waals surface area contributed by atoms with Gasteiger partial charge >= 0.3 is 0 Å². The van der Waals surface area contributed by atoms with Gasteiger partial charge in [0.25, 0.3) is 0 Å². The lowest BCUT2D eigenvalue weighted by atomic mass is 9.93. The van der Waals surface area contributed by atoms with Crippen LogP contribution in [-0.2, 0) is 6.42 Å². The zero-order valence-corrected chi connectivity index (χ0v) is 15.1. The van der Waals surface area contributed by atoms with E-state index < -0.39 is 0 Å². The Kier molecular flexibility index (Phi) is 5.72. The van der Waals surface area contributed by atoms with Gasteiger partial charge in [-0.1, -0.05) is 24.4 Å². The molecule has 126 valence electrons. The van der Waals surface area contributed by atoms with Gasteiger partial charge < -0.3 is 10.4 Å². The monoisotopic (exact) mass is 361 g/mol. The summed E-state index contributed by atoms with van der Waals surface area (Å²) in [7, 11) is 0. The van der Waals surface area contributed by atoms with Crippen LogP contribution in [0.15, 0.2) is 18.5 Å². The van der Waals surface area contributed by atoms with Gasteiger partial charge in [0.05, 0.1) is 17.4 Å². The molecule has 0 spiro atoms. The minimum atomic E-state index is -0.231. The predicted molar refractivity (Wildman–Crippen MR) is 98.6 cm³/mol. The van der Waals surface area contributed by atoms with Crippen molar-refractivity contribution >= 4 is 28.6 Å². The third-order valence-electron chi connectivity index (χ3n) is 4.08. The van der Waals surface area contributed by atoms with Crippen molar-refractivity contribution in [3.63, 3.8) is 0 Å². The van der Waals surface area contributed by atoms with Crippen LogP contribution >= 0.6 is 22.9 Å². The number of halogens is 1. The van der Waals surface area contributed by atoms with E-state index in [1.165, 1.54) is 4.88 Å². The minimum Gasteiger partial charge on any atom is -0.393 e. The maximum absolute atomic E-state index is 9.85. The highest BCUT2D eigenvalue weighted by Gasteiger charge is 2.20.